The molecule has 1 atom stereocenters. The fraction of sp³-hybridized carbons (Fsp3) is 0.318. The third-order valence-electron chi connectivity index (χ3n) is 4.99. The number of fused-ring (bicyclic) bond motifs is 1. The van der Waals surface area contributed by atoms with Crippen LogP contribution in [0.25, 0.3) is 0 Å². The molecule has 1 fully saturated rings. The molecule has 6 heteroatoms. The molecule has 28 heavy (non-hydrogen) atoms. The van der Waals surface area contributed by atoms with Crippen LogP contribution in [0.15, 0.2) is 53.5 Å². The highest BCUT2D eigenvalue weighted by Gasteiger charge is 2.42. The van der Waals surface area contributed by atoms with E-state index in [9.17, 15) is 9.59 Å². The second-order valence-corrected chi connectivity index (χ2v) is 6.71. The summed E-state index contributed by atoms with van der Waals surface area (Å²) in [5.74, 6) is 0.468. The SMILES string of the molecule is CCOc1ccc(N=C2C(=O)c3ccccc3C(=O)C2N2CCOCC2)cc1. The van der Waals surface area contributed by atoms with E-state index in [0.717, 1.165) is 5.75 Å². The van der Waals surface area contributed by atoms with Crippen molar-refractivity contribution >= 4 is 23.0 Å². The summed E-state index contributed by atoms with van der Waals surface area (Å²) in [4.78, 5) is 33.1. The largest absolute Gasteiger partial charge is 0.494 e. The fourth-order valence-corrected chi connectivity index (χ4v) is 3.64. The molecule has 0 amide bonds. The second kappa shape index (κ2) is 8.04. The molecule has 2 aromatic rings. The first-order valence-electron chi connectivity index (χ1n) is 9.50. The number of ketones is 2. The van der Waals surface area contributed by atoms with Crippen molar-refractivity contribution in [1.82, 2.24) is 4.90 Å². The zero-order valence-corrected chi connectivity index (χ0v) is 15.8. The molecule has 6 nitrogen and oxygen atoms in total. The predicted octanol–water partition coefficient (Wildman–Crippen LogP) is 2.94. The molecular formula is C22H22N2O4. The molecule has 0 saturated carbocycles. The van der Waals surface area contributed by atoms with Gasteiger partial charge in [0.2, 0.25) is 5.78 Å². The van der Waals surface area contributed by atoms with Crippen molar-refractivity contribution in [2.45, 2.75) is 13.0 Å². The van der Waals surface area contributed by atoms with Gasteiger partial charge in [0.15, 0.2) is 5.78 Å². The highest BCUT2D eigenvalue weighted by atomic mass is 16.5. The minimum absolute atomic E-state index is 0.0817. The van der Waals surface area contributed by atoms with Gasteiger partial charge in [0.05, 0.1) is 25.5 Å². The van der Waals surface area contributed by atoms with Crippen LogP contribution in [0, 0.1) is 0 Å². The Labute approximate surface area is 163 Å². The maximum Gasteiger partial charge on any atom is 0.210 e. The van der Waals surface area contributed by atoms with Crippen molar-refractivity contribution in [2.75, 3.05) is 32.9 Å². The fourth-order valence-electron chi connectivity index (χ4n) is 3.64. The Morgan fingerprint density at radius 2 is 1.71 bits per heavy atom. The van der Waals surface area contributed by atoms with E-state index in [0.29, 0.717) is 49.7 Å². The summed E-state index contributed by atoms with van der Waals surface area (Å²) in [5, 5.41) is 0. The van der Waals surface area contributed by atoms with Gasteiger partial charge < -0.3 is 9.47 Å². The lowest BCUT2D eigenvalue weighted by Gasteiger charge is -2.36. The molecule has 2 aliphatic rings. The van der Waals surface area contributed by atoms with Gasteiger partial charge in [-0.1, -0.05) is 24.3 Å². The Balaban J connectivity index is 1.76. The van der Waals surface area contributed by atoms with Crippen molar-refractivity contribution in [3.05, 3.63) is 59.7 Å². The van der Waals surface area contributed by atoms with E-state index in [4.69, 9.17) is 9.47 Å². The number of hydrogen-bond acceptors (Lipinski definition) is 6. The van der Waals surface area contributed by atoms with E-state index in [1.54, 1.807) is 36.4 Å². The van der Waals surface area contributed by atoms with Crippen molar-refractivity contribution in [1.29, 1.82) is 0 Å². The summed E-state index contributed by atoms with van der Waals surface area (Å²) in [5.41, 5.74) is 1.78. The molecule has 0 spiro atoms. The summed E-state index contributed by atoms with van der Waals surface area (Å²) in [6, 6.07) is 13.5. The van der Waals surface area contributed by atoms with Crippen LogP contribution in [0.4, 0.5) is 5.69 Å². The standard InChI is InChI=1S/C22H22N2O4/c1-2-28-16-9-7-15(8-10-16)23-19-20(24-11-13-27-14-12-24)22(26)18-6-4-3-5-17(18)21(19)25/h3-10,20H,2,11-14H2,1H3. The average molecular weight is 378 g/mol. The number of nitrogens with zero attached hydrogens (tertiary/aromatic N) is 2. The van der Waals surface area contributed by atoms with E-state index in [-0.39, 0.29) is 17.3 Å². The predicted molar refractivity (Wildman–Crippen MR) is 106 cm³/mol. The zero-order valence-electron chi connectivity index (χ0n) is 15.8. The van der Waals surface area contributed by atoms with Crippen molar-refractivity contribution in [2.24, 2.45) is 4.99 Å². The molecule has 1 aliphatic heterocycles. The molecule has 1 unspecified atom stereocenters. The van der Waals surface area contributed by atoms with Crippen LogP contribution in [-0.4, -0.2) is 61.1 Å². The smallest absolute Gasteiger partial charge is 0.210 e. The van der Waals surface area contributed by atoms with Crippen LogP contribution in [0.3, 0.4) is 0 Å². The molecule has 4 rings (SSSR count). The van der Waals surface area contributed by atoms with Gasteiger partial charge in [0, 0.05) is 24.2 Å². The quantitative estimate of drug-likeness (QED) is 0.818. The van der Waals surface area contributed by atoms with Crippen molar-refractivity contribution in [3.8, 4) is 5.75 Å². The van der Waals surface area contributed by atoms with Gasteiger partial charge in [0.1, 0.15) is 17.5 Å². The minimum atomic E-state index is -0.683. The lowest BCUT2D eigenvalue weighted by atomic mass is 9.83. The van der Waals surface area contributed by atoms with Crippen molar-refractivity contribution < 1.29 is 19.1 Å². The Morgan fingerprint density at radius 3 is 2.39 bits per heavy atom. The van der Waals surface area contributed by atoms with Crippen LogP contribution in [0.5, 0.6) is 5.75 Å². The van der Waals surface area contributed by atoms with Crippen LogP contribution < -0.4 is 4.74 Å². The van der Waals surface area contributed by atoms with Gasteiger partial charge in [-0.15, -0.1) is 0 Å². The molecule has 0 radical (unpaired) electrons. The lowest BCUT2D eigenvalue weighted by Crippen LogP contribution is -2.55. The highest BCUT2D eigenvalue weighted by Crippen LogP contribution is 2.27. The topological polar surface area (TPSA) is 68.2 Å². The third-order valence-corrected chi connectivity index (χ3v) is 4.99. The van der Waals surface area contributed by atoms with Gasteiger partial charge in [-0.25, -0.2) is 4.99 Å². The third kappa shape index (κ3) is 3.48. The minimum Gasteiger partial charge on any atom is -0.494 e. The van der Waals surface area contributed by atoms with Gasteiger partial charge in [-0.05, 0) is 31.2 Å². The molecular weight excluding hydrogens is 356 g/mol. The molecule has 144 valence electrons. The summed E-state index contributed by atoms with van der Waals surface area (Å²) in [6.45, 7) is 4.76. The van der Waals surface area contributed by atoms with Crippen molar-refractivity contribution in [3.63, 3.8) is 0 Å². The summed E-state index contributed by atoms with van der Waals surface area (Å²) in [7, 11) is 0. The molecule has 0 aromatic heterocycles. The summed E-state index contributed by atoms with van der Waals surface area (Å²) < 4.78 is 10.9. The van der Waals surface area contributed by atoms with Gasteiger partial charge >= 0.3 is 0 Å². The van der Waals surface area contributed by atoms with Gasteiger partial charge in [0.25, 0.3) is 0 Å². The van der Waals surface area contributed by atoms with Crippen LogP contribution >= 0.6 is 0 Å². The number of hydrogen-bond donors (Lipinski definition) is 0. The van der Waals surface area contributed by atoms with Gasteiger partial charge in [-0.2, -0.15) is 0 Å². The molecule has 1 saturated heterocycles. The number of morpholine rings is 1. The molecule has 2 aromatic carbocycles. The van der Waals surface area contributed by atoms with E-state index in [1.807, 2.05) is 24.0 Å². The number of carbonyl (C=O) groups excluding carboxylic acids is 2. The number of aliphatic imine (C=N–C) groups is 1. The van der Waals surface area contributed by atoms with Gasteiger partial charge in [-0.3, -0.25) is 14.5 Å². The number of carbonyl (C=O) groups is 2. The first-order chi connectivity index (χ1) is 13.7. The van der Waals surface area contributed by atoms with E-state index in [2.05, 4.69) is 4.99 Å². The van der Waals surface area contributed by atoms with E-state index >= 15 is 0 Å². The summed E-state index contributed by atoms with van der Waals surface area (Å²) in [6.07, 6.45) is 0. The van der Waals surface area contributed by atoms with E-state index in [1.165, 1.54) is 0 Å². The first kappa shape index (κ1) is 18.5. The molecule has 0 N–H and O–H groups in total. The average Bonchev–Trinajstić information content (AvgIpc) is 2.74. The zero-order chi connectivity index (χ0) is 19.5. The monoisotopic (exact) mass is 378 g/mol. The van der Waals surface area contributed by atoms with Crippen LogP contribution in [0.2, 0.25) is 0 Å². The van der Waals surface area contributed by atoms with E-state index < -0.39 is 6.04 Å². The first-order valence-corrected chi connectivity index (χ1v) is 9.50. The highest BCUT2D eigenvalue weighted by molar-refractivity contribution is 6.55. The molecule has 0 bridgehead atoms. The number of Topliss-reactive ketones (excluding diaryl/α,β-unsaturated/α-hetero) is 2. The summed E-state index contributed by atoms with van der Waals surface area (Å²) >= 11 is 0. The Morgan fingerprint density at radius 1 is 1.04 bits per heavy atom. The van der Waals surface area contributed by atoms with Crippen LogP contribution in [-0.2, 0) is 4.74 Å². The lowest BCUT2D eigenvalue weighted by molar-refractivity contribution is 0.0278. The number of rotatable bonds is 4. The second-order valence-electron chi connectivity index (χ2n) is 6.71. The number of benzene rings is 2. The Bertz CT molecular complexity index is 914. The molecule has 1 aliphatic carbocycles. The Kier molecular flexibility index (Phi) is 5.32. The number of ether oxygens (including phenoxy) is 2. The van der Waals surface area contributed by atoms with Crippen LogP contribution in [0.1, 0.15) is 27.6 Å². The normalized spacial score (nSPS) is 21.6. The maximum atomic E-state index is 13.3. The Hall–Kier alpha value is -2.83. The maximum absolute atomic E-state index is 13.3. The molecule has 1 heterocycles.